The molecule has 1 fully saturated rings. The molecular formula is C23H21N5O2. The lowest BCUT2D eigenvalue weighted by Gasteiger charge is -2.11. The summed E-state index contributed by atoms with van der Waals surface area (Å²) in [6, 6.07) is 14.0. The van der Waals surface area contributed by atoms with E-state index in [-0.39, 0.29) is 29.1 Å². The highest BCUT2D eigenvalue weighted by atomic mass is 16.1. The Morgan fingerprint density at radius 3 is 2.70 bits per heavy atom. The number of rotatable bonds is 5. The molecule has 1 heterocycles. The zero-order valence-corrected chi connectivity index (χ0v) is 16.7. The van der Waals surface area contributed by atoms with Crippen LogP contribution >= 0.6 is 0 Å². The third kappa shape index (κ3) is 3.55. The SMILES string of the molecule is Cc1ccc(C(=O)NC2CC2C)cc1-n1ncc(C(=O)c2cccc(C#N)c2)c1N. The summed E-state index contributed by atoms with van der Waals surface area (Å²) in [5.41, 5.74) is 9.28. The Morgan fingerprint density at radius 2 is 2.00 bits per heavy atom. The molecule has 0 bridgehead atoms. The van der Waals surface area contributed by atoms with Gasteiger partial charge in [0.2, 0.25) is 0 Å². The molecule has 30 heavy (non-hydrogen) atoms. The van der Waals surface area contributed by atoms with E-state index in [4.69, 9.17) is 11.0 Å². The Balaban J connectivity index is 1.66. The standard InChI is InChI=1S/C23H21N5O2/c1-13-6-7-17(23(30)27-19-8-14(19)2)10-20(13)28-22(25)18(12-26-28)21(29)16-5-3-4-15(9-16)11-24/h3-7,9-10,12,14,19H,8,25H2,1-2H3,(H,27,30). The summed E-state index contributed by atoms with van der Waals surface area (Å²) >= 11 is 0. The second kappa shape index (κ2) is 7.48. The Morgan fingerprint density at radius 1 is 1.23 bits per heavy atom. The lowest BCUT2D eigenvalue weighted by atomic mass is 10.0. The molecule has 0 radical (unpaired) electrons. The maximum absolute atomic E-state index is 12.9. The minimum Gasteiger partial charge on any atom is -0.383 e. The Bertz CT molecular complexity index is 1200. The monoisotopic (exact) mass is 399 g/mol. The molecule has 2 atom stereocenters. The van der Waals surface area contributed by atoms with E-state index in [2.05, 4.69) is 17.3 Å². The number of nitrogens with zero attached hydrogens (tertiary/aromatic N) is 3. The Hall–Kier alpha value is -3.92. The van der Waals surface area contributed by atoms with E-state index in [1.165, 1.54) is 16.9 Å². The summed E-state index contributed by atoms with van der Waals surface area (Å²) in [7, 11) is 0. The van der Waals surface area contributed by atoms with Crippen molar-refractivity contribution in [2.75, 3.05) is 5.73 Å². The first-order valence-electron chi connectivity index (χ1n) is 9.69. The van der Waals surface area contributed by atoms with E-state index < -0.39 is 0 Å². The van der Waals surface area contributed by atoms with Crippen molar-refractivity contribution < 1.29 is 9.59 Å². The molecule has 7 heteroatoms. The maximum atomic E-state index is 12.9. The predicted molar refractivity (Wildman–Crippen MR) is 112 cm³/mol. The van der Waals surface area contributed by atoms with E-state index in [0.29, 0.717) is 28.3 Å². The number of carbonyl (C=O) groups excluding carboxylic acids is 2. The van der Waals surface area contributed by atoms with Crippen molar-refractivity contribution in [1.82, 2.24) is 15.1 Å². The molecule has 1 aromatic heterocycles. The highest BCUT2D eigenvalue weighted by Crippen LogP contribution is 2.29. The van der Waals surface area contributed by atoms with Crippen molar-refractivity contribution >= 4 is 17.5 Å². The van der Waals surface area contributed by atoms with E-state index >= 15 is 0 Å². The fourth-order valence-corrected chi connectivity index (χ4v) is 3.36. The van der Waals surface area contributed by atoms with Gasteiger partial charge in [-0.15, -0.1) is 0 Å². The highest BCUT2D eigenvalue weighted by Gasteiger charge is 2.34. The summed E-state index contributed by atoms with van der Waals surface area (Å²) < 4.78 is 1.47. The van der Waals surface area contributed by atoms with Gasteiger partial charge in [-0.05, 0) is 49.1 Å². The number of nitrogens with two attached hydrogens (primary N) is 1. The average molecular weight is 399 g/mol. The first kappa shape index (κ1) is 19.4. The predicted octanol–water partition coefficient (Wildman–Crippen LogP) is 3.00. The maximum Gasteiger partial charge on any atom is 0.251 e. The van der Waals surface area contributed by atoms with Crippen molar-refractivity contribution in [2.45, 2.75) is 26.3 Å². The zero-order chi connectivity index (χ0) is 21.4. The average Bonchev–Trinajstić information content (AvgIpc) is 3.31. The van der Waals surface area contributed by atoms with Crippen molar-refractivity contribution in [3.8, 4) is 11.8 Å². The van der Waals surface area contributed by atoms with Gasteiger partial charge in [0, 0.05) is 17.2 Å². The quantitative estimate of drug-likeness (QED) is 0.640. The smallest absolute Gasteiger partial charge is 0.251 e. The fraction of sp³-hybridized carbons (Fsp3) is 0.217. The summed E-state index contributed by atoms with van der Waals surface area (Å²) in [6.45, 7) is 3.99. The molecule has 2 unspecified atom stereocenters. The first-order chi connectivity index (χ1) is 14.4. The van der Waals surface area contributed by atoms with Gasteiger partial charge >= 0.3 is 0 Å². The summed E-state index contributed by atoms with van der Waals surface area (Å²) in [5.74, 6) is 0.235. The molecule has 1 aliphatic carbocycles. The number of aromatic nitrogens is 2. The molecule has 2 aromatic carbocycles. The van der Waals surface area contributed by atoms with Crippen molar-refractivity contribution in [3.05, 3.63) is 76.5 Å². The van der Waals surface area contributed by atoms with Crippen LogP contribution in [0.1, 0.15) is 50.8 Å². The number of hydrogen-bond acceptors (Lipinski definition) is 5. The third-order valence-electron chi connectivity index (χ3n) is 5.43. The number of nitrogens with one attached hydrogen (secondary N) is 1. The molecule has 3 N–H and O–H groups in total. The number of nitrogen functional groups attached to an aromatic ring is 1. The molecule has 150 valence electrons. The largest absolute Gasteiger partial charge is 0.383 e. The minimum atomic E-state index is -0.315. The second-order valence-corrected chi connectivity index (χ2v) is 7.67. The van der Waals surface area contributed by atoms with Gasteiger partial charge < -0.3 is 11.1 Å². The number of hydrogen-bond donors (Lipinski definition) is 2. The van der Waals surface area contributed by atoms with Crippen molar-refractivity contribution in [2.24, 2.45) is 5.92 Å². The number of ketones is 1. The second-order valence-electron chi connectivity index (χ2n) is 7.67. The number of amides is 1. The topological polar surface area (TPSA) is 114 Å². The number of nitriles is 1. The van der Waals surface area contributed by atoms with Crippen LogP contribution < -0.4 is 11.1 Å². The lowest BCUT2D eigenvalue weighted by molar-refractivity contribution is 0.0948. The summed E-state index contributed by atoms with van der Waals surface area (Å²) in [5, 5.41) is 16.4. The molecule has 1 saturated carbocycles. The number of anilines is 1. The normalized spacial score (nSPS) is 17.2. The molecule has 0 spiro atoms. The van der Waals surface area contributed by atoms with Gasteiger partial charge in [-0.25, -0.2) is 4.68 Å². The molecule has 1 aliphatic rings. The van der Waals surface area contributed by atoms with Gasteiger partial charge in [-0.3, -0.25) is 9.59 Å². The van der Waals surface area contributed by atoms with Gasteiger partial charge in [-0.2, -0.15) is 10.4 Å². The van der Waals surface area contributed by atoms with Crippen molar-refractivity contribution in [1.29, 1.82) is 5.26 Å². The van der Waals surface area contributed by atoms with Crippen LogP contribution in [0.2, 0.25) is 0 Å². The fourth-order valence-electron chi connectivity index (χ4n) is 3.36. The Kier molecular flexibility index (Phi) is 4.84. The van der Waals surface area contributed by atoms with Gasteiger partial charge in [0.1, 0.15) is 5.82 Å². The molecule has 0 saturated heterocycles. The number of aryl methyl sites for hydroxylation is 1. The molecule has 3 aromatic rings. The number of benzene rings is 2. The molecular weight excluding hydrogens is 378 g/mol. The van der Waals surface area contributed by atoms with Crippen LogP contribution in [-0.2, 0) is 0 Å². The zero-order valence-electron chi connectivity index (χ0n) is 16.7. The third-order valence-corrected chi connectivity index (χ3v) is 5.43. The van der Waals surface area contributed by atoms with Gasteiger partial charge in [-0.1, -0.05) is 25.1 Å². The molecule has 4 rings (SSSR count). The van der Waals surface area contributed by atoms with E-state index in [1.807, 2.05) is 19.1 Å². The summed E-state index contributed by atoms with van der Waals surface area (Å²) in [6.07, 6.45) is 2.41. The molecule has 1 amide bonds. The molecule has 7 nitrogen and oxygen atoms in total. The van der Waals surface area contributed by atoms with Crippen LogP contribution in [0.15, 0.2) is 48.7 Å². The van der Waals surface area contributed by atoms with E-state index in [0.717, 1.165) is 12.0 Å². The van der Waals surface area contributed by atoms with Gasteiger partial charge in [0.05, 0.1) is 29.1 Å². The summed E-state index contributed by atoms with van der Waals surface area (Å²) in [4.78, 5) is 25.4. The minimum absolute atomic E-state index is 0.138. The lowest BCUT2D eigenvalue weighted by Crippen LogP contribution is -2.26. The van der Waals surface area contributed by atoms with Crippen LogP contribution in [0.3, 0.4) is 0 Å². The van der Waals surface area contributed by atoms with Crippen molar-refractivity contribution in [3.63, 3.8) is 0 Å². The molecule has 0 aliphatic heterocycles. The number of carbonyl (C=O) groups is 2. The van der Waals surface area contributed by atoms with Crippen LogP contribution in [-0.4, -0.2) is 27.5 Å². The Labute approximate surface area is 174 Å². The van der Waals surface area contributed by atoms with Gasteiger partial charge in [0.15, 0.2) is 5.78 Å². The van der Waals surface area contributed by atoms with Crippen LogP contribution in [0.4, 0.5) is 5.82 Å². The first-order valence-corrected chi connectivity index (χ1v) is 9.69. The van der Waals surface area contributed by atoms with E-state index in [1.54, 1.807) is 30.3 Å². The van der Waals surface area contributed by atoms with Crippen LogP contribution in [0, 0.1) is 24.2 Å². The highest BCUT2D eigenvalue weighted by molar-refractivity contribution is 6.11. The van der Waals surface area contributed by atoms with Crippen LogP contribution in [0.25, 0.3) is 5.69 Å². The van der Waals surface area contributed by atoms with Crippen LogP contribution in [0.5, 0.6) is 0 Å². The van der Waals surface area contributed by atoms with E-state index in [9.17, 15) is 9.59 Å². The van der Waals surface area contributed by atoms with Gasteiger partial charge in [0.25, 0.3) is 5.91 Å².